The number of amides is 1. The first-order chi connectivity index (χ1) is 6.78. The second kappa shape index (κ2) is 3.77. The highest BCUT2D eigenvalue weighted by Crippen LogP contribution is 2.26. The molecule has 1 aliphatic heterocycles. The van der Waals surface area contributed by atoms with Crippen molar-refractivity contribution >= 4 is 11.9 Å². The number of carbonyl (C=O) groups excluding carboxylic acids is 2. The van der Waals surface area contributed by atoms with Gasteiger partial charge in [-0.25, -0.2) is 10.2 Å². The fourth-order valence-corrected chi connectivity index (χ4v) is 1.35. The lowest BCUT2D eigenvalue weighted by molar-refractivity contribution is -0.181. The second-order valence-corrected chi connectivity index (χ2v) is 4.48. The van der Waals surface area contributed by atoms with Crippen molar-refractivity contribution in [1.29, 1.82) is 0 Å². The summed E-state index contributed by atoms with van der Waals surface area (Å²) in [5.74, 6) is 2.82. The molecule has 2 atom stereocenters. The van der Waals surface area contributed by atoms with E-state index in [0.717, 1.165) is 5.01 Å². The average molecular weight is 218 g/mol. The van der Waals surface area contributed by atoms with Gasteiger partial charge in [-0.2, -0.15) is 0 Å². The predicted octanol–water partition coefficient (Wildman–Crippen LogP) is -0.00170. The molecule has 1 saturated heterocycles. The first-order valence-corrected chi connectivity index (χ1v) is 4.64. The molecule has 0 aliphatic carbocycles. The van der Waals surface area contributed by atoms with Crippen LogP contribution in [0.15, 0.2) is 0 Å². The Kier molecular flexibility index (Phi) is 2.99. The molecular formula is C9H15FN2O3. The molecule has 15 heavy (non-hydrogen) atoms. The van der Waals surface area contributed by atoms with Gasteiger partial charge in [-0.3, -0.25) is 14.6 Å². The maximum Gasteiger partial charge on any atom is 0.321 e. The summed E-state index contributed by atoms with van der Waals surface area (Å²) < 4.78 is 17.4. The molecule has 86 valence electrons. The number of esters is 1. The number of ether oxygens (including phenoxy) is 1. The van der Waals surface area contributed by atoms with E-state index in [1.165, 1.54) is 0 Å². The predicted molar refractivity (Wildman–Crippen MR) is 50.1 cm³/mol. The molecule has 5 nitrogen and oxygen atoms in total. The summed E-state index contributed by atoms with van der Waals surface area (Å²) in [5, 5.41) is 0.731. The minimum absolute atomic E-state index is 0.591. The van der Waals surface area contributed by atoms with Crippen molar-refractivity contribution in [1.82, 2.24) is 5.01 Å². The lowest BCUT2D eigenvalue weighted by Crippen LogP contribution is -2.68. The molecule has 0 aromatic heterocycles. The van der Waals surface area contributed by atoms with Crippen LogP contribution in [0.5, 0.6) is 0 Å². The summed E-state index contributed by atoms with van der Waals surface area (Å²) in [6, 6.07) is -0.882. The van der Waals surface area contributed by atoms with Gasteiger partial charge < -0.3 is 4.74 Å². The van der Waals surface area contributed by atoms with E-state index in [0.29, 0.717) is 0 Å². The second-order valence-electron chi connectivity index (χ2n) is 4.48. The van der Waals surface area contributed by atoms with Crippen LogP contribution in [0.1, 0.15) is 20.8 Å². The zero-order valence-corrected chi connectivity index (χ0v) is 8.99. The molecule has 0 aromatic carbocycles. The number of nitrogens with two attached hydrogens (primary N) is 1. The van der Waals surface area contributed by atoms with Gasteiger partial charge in [0.2, 0.25) is 0 Å². The Morgan fingerprint density at radius 2 is 2.13 bits per heavy atom. The lowest BCUT2D eigenvalue weighted by atomic mass is 9.90. The number of carbonyl (C=O) groups is 2. The summed E-state index contributed by atoms with van der Waals surface area (Å²) in [5.41, 5.74) is -0.687. The Labute approximate surface area is 87.3 Å². The van der Waals surface area contributed by atoms with Crippen LogP contribution >= 0.6 is 0 Å². The molecule has 0 spiro atoms. The van der Waals surface area contributed by atoms with Gasteiger partial charge in [0.15, 0.2) is 5.92 Å². The Morgan fingerprint density at radius 1 is 1.60 bits per heavy atom. The van der Waals surface area contributed by atoms with Crippen molar-refractivity contribution in [3.05, 3.63) is 0 Å². The van der Waals surface area contributed by atoms with E-state index in [-0.39, 0.29) is 0 Å². The van der Waals surface area contributed by atoms with Crippen molar-refractivity contribution < 1.29 is 18.7 Å². The van der Waals surface area contributed by atoms with Crippen LogP contribution < -0.4 is 5.84 Å². The number of hydrazine groups is 1. The average Bonchev–Trinajstić information content (AvgIpc) is 2.08. The third kappa shape index (κ3) is 2.26. The highest BCUT2D eigenvalue weighted by Gasteiger charge is 2.52. The van der Waals surface area contributed by atoms with E-state index in [2.05, 4.69) is 0 Å². The third-order valence-electron chi connectivity index (χ3n) is 2.08. The number of nitrogens with zero attached hydrogens (tertiary/aromatic N) is 1. The van der Waals surface area contributed by atoms with Gasteiger partial charge in [0.25, 0.3) is 5.91 Å². The topological polar surface area (TPSA) is 72.6 Å². The molecule has 1 heterocycles. The summed E-state index contributed by atoms with van der Waals surface area (Å²) in [6.45, 7) is 4.20. The molecule has 1 fully saturated rings. The maximum atomic E-state index is 12.4. The van der Waals surface area contributed by atoms with Gasteiger partial charge in [0.05, 0.1) is 6.04 Å². The Bertz CT molecular complexity index is 288. The monoisotopic (exact) mass is 218 g/mol. The van der Waals surface area contributed by atoms with Crippen molar-refractivity contribution in [3.63, 3.8) is 0 Å². The van der Waals surface area contributed by atoms with Crippen molar-refractivity contribution in [2.24, 2.45) is 11.8 Å². The van der Waals surface area contributed by atoms with Crippen LogP contribution in [0.3, 0.4) is 0 Å². The van der Waals surface area contributed by atoms with E-state index >= 15 is 0 Å². The van der Waals surface area contributed by atoms with E-state index < -0.39 is 36.1 Å². The number of alkyl halides is 1. The first kappa shape index (κ1) is 11.9. The van der Waals surface area contributed by atoms with Gasteiger partial charge in [-0.1, -0.05) is 0 Å². The molecule has 0 saturated carbocycles. The van der Waals surface area contributed by atoms with Crippen molar-refractivity contribution in [2.45, 2.75) is 32.4 Å². The van der Waals surface area contributed by atoms with Crippen LogP contribution in [0, 0.1) is 5.92 Å². The number of β-lactam (4-membered cyclic amide) rings is 1. The molecule has 1 aliphatic rings. The number of hydrogen-bond acceptors (Lipinski definition) is 4. The minimum Gasteiger partial charge on any atom is -0.459 e. The maximum absolute atomic E-state index is 12.4. The molecule has 2 N–H and O–H groups in total. The van der Waals surface area contributed by atoms with Crippen LogP contribution in [0.4, 0.5) is 4.39 Å². The fourth-order valence-electron chi connectivity index (χ4n) is 1.35. The largest absolute Gasteiger partial charge is 0.459 e. The molecule has 0 aromatic rings. The van der Waals surface area contributed by atoms with E-state index in [1.54, 1.807) is 20.8 Å². The Balaban J connectivity index is 2.65. The molecule has 1 amide bonds. The van der Waals surface area contributed by atoms with Gasteiger partial charge in [-0.15, -0.1) is 0 Å². The number of halogens is 1. The summed E-state index contributed by atoms with van der Waals surface area (Å²) in [4.78, 5) is 22.7. The minimum atomic E-state index is -1.08. The zero-order valence-electron chi connectivity index (χ0n) is 8.99. The van der Waals surface area contributed by atoms with Gasteiger partial charge in [0.1, 0.15) is 12.3 Å². The van der Waals surface area contributed by atoms with E-state index in [9.17, 15) is 14.0 Å². The molecule has 0 unspecified atom stereocenters. The lowest BCUT2D eigenvalue weighted by Gasteiger charge is -2.41. The highest BCUT2D eigenvalue weighted by atomic mass is 19.1. The van der Waals surface area contributed by atoms with Gasteiger partial charge in [-0.05, 0) is 20.8 Å². The van der Waals surface area contributed by atoms with Crippen molar-refractivity contribution in [2.75, 3.05) is 6.67 Å². The normalized spacial score (nSPS) is 26.2. The molecule has 0 radical (unpaired) electrons. The Hall–Kier alpha value is -1.17. The van der Waals surface area contributed by atoms with E-state index in [1.807, 2.05) is 0 Å². The van der Waals surface area contributed by atoms with Crippen LogP contribution in [0.25, 0.3) is 0 Å². The molecular weight excluding hydrogens is 203 g/mol. The van der Waals surface area contributed by atoms with Crippen molar-refractivity contribution in [3.8, 4) is 0 Å². The van der Waals surface area contributed by atoms with Gasteiger partial charge in [0, 0.05) is 0 Å². The Morgan fingerprint density at radius 3 is 2.53 bits per heavy atom. The summed E-state index contributed by atoms with van der Waals surface area (Å²) in [6.07, 6.45) is 0. The van der Waals surface area contributed by atoms with Crippen LogP contribution in [-0.4, -0.2) is 35.2 Å². The van der Waals surface area contributed by atoms with Crippen LogP contribution in [0.2, 0.25) is 0 Å². The summed E-state index contributed by atoms with van der Waals surface area (Å²) >= 11 is 0. The zero-order chi connectivity index (χ0) is 11.8. The summed E-state index contributed by atoms with van der Waals surface area (Å²) in [7, 11) is 0. The smallest absolute Gasteiger partial charge is 0.321 e. The molecule has 1 rings (SSSR count). The van der Waals surface area contributed by atoms with E-state index in [4.69, 9.17) is 10.6 Å². The quantitative estimate of drug-likeness (QED) is 0.233. The standard InChI is InChI=1S/C9H15FN2O3/c1-9(2,3)15-8(14)6-5(4-10)12(11)7(6)13/h5-6H,4,11H2,1-3H3/t5-,6-/m0/s1. The highest BCUT2D eigenvalue weighted by molar-refractivity contribution is 6.03. The SMILES string of the molecule is CC(C)(C)OC(=O)[C@@H]1C(=O)N(N)[C@H]1CF. The third-order valence-corrected chi connectivity index (χ3v) is 2.08. The van der Waals surface area contributed by atoms with Gasteiger partial charge >= 0.3 is 5.97 Å². The number of hydrogen-bond donors (Lipinski definition) is 1. The van der Waals surface area contributed by atoms with Crippen LogP contribution in [-0.2, 0) is 14.3 Å². The first-order valence-electron chi connectivity index (χ1n) is 4.64. The number of rotatable bonds is 2. The fraction of sp³-hybridized carbons (Fsp3) is 0.778. The molecule has 0 bridgehead atoms. The molecule has 6 heteroatoms.